The summed E-state index contributed by atoms with van der Waals surface area (Å²) in [6.07, 6.45) is 1.56. The van der Waals surface area contributed by atoms with Gasteiger partial charge in [0.25, 0.3) is 5.91 Å². The predicted molar refractivity (Wildman–Crippen MR) is 78.5 cm³/mol. The topological polar surface area (TPSA) is 65.1 Å². The van der Waals surface area contributed by atoms with Crippen molar-refractivity contribution in [1.82, 2.24) is 20.2 Å². The molecule has 0 aromatic heterocycles. The third-order valence-corrected chi connectivity index (χ3v) is 4.56. The minimum Gasteiger partial charge on any atom is -0.323 e. The maximum absolute atomic E-state index is 12.2. The van der Waals surface area contributed by atoms with Crippen LogP contribution in [-0.2, 0) is 9.63 Å². The molecule has 0 unspecified atom stereocenters. The number of likely N-dealkylation sites (N-methyl/N-ethyl adjacent to an activating group) is 2. The lowest BCUT2D eigenvalue weighted by atomic mass is 10.0. The molecule has 0 spiro atoms. The monoisotopic (exact) mass is 298 g/mol. The number of nitrogens with zero attached hydrogens (tertiary/aromatic N) is 3. The van der Waals surface area contributed by atoms with E-state index in [-0.39, 0.29) is 18.0 Å². The molecule has 7 heteroatoms. The highest BCUT2D eigenvalue weighted by Gasteiger charge is 2.45. The molecule has 3 amide bonds. The number of hydroxylamine groups is 1. The number of hydrogen-bond donors (Lipinski definition) is 1. The van der Waals surface area contributed by atoms with E-state index in [2.05, 4.69) is 24.2 Å². The average molecular weight is 298 g/mol. The van der Waals surface area contributed by atoms with Gasteiger partial charge in [0, 0.05) is 26.2 Å². The van der Waals surface area contributed by atoms with E-state index in [1.165, 1.54) is 0 Å². The second-order valence-electron chi connectivity index (χ2n) is 6.18. The number of carbonyl (C=O) groups excluding carboxylic acids is 2. The van der Waals surface area contributed by atoms with Gasteiger partial charge in [0.05, 0.1) is 12.6 Å². The van der Waals surface area contributed by atoms with E-state index in [1.807, 2.05) is 7.05 Å². The first-order valence-electron chi connectivity index (χ1n) is 7.57. The summed E-state index contributed by atoms with van der Waals surface area (Å²) >= 11 is 0. The summed E-state index contributed by atoms with van der Waals surface area (Å²) in [7, 11) is 3.81. The summed E-state index contributed by atoms with van der Waals surface area (Å²) in [6.45, 7) is 6.03. The van der Waals surface area contributed by atoms with Crippen molar-refractivity contribution < 1.29 is 14.4 Å². The summed E-state index contributed by atoms with van der Waals surface area (Å²) in [4.78, 5) is 34.9. The molecule has 1 N–H and O–H groups in total. The highest BCUT2D eigenvalue weighted by molar-refractivity contribution is 5.88. The Labute approximate surface area is 126 Å². The zero-order valence-electron chi connectivity index (χ0n) is 13.3. The number of urea groups is 1. The standard InChI is InChI=1S/C14H26N4O3/c1-10(2)16(3)7-8-21-15-13(19)12-6-5-11-9-18(12)14(20)17(11)4/h10-12H,5-9H2,1-4H3,(H,15,19)/t11-,12+/m1/s1. The van der Waals surface area contributed by atoms with E-state index in [0.717, 1.165) is 13.0 Å². The van der Waals surface area contributed by atoms with Crippen LogP contribution >= 0.6 is 0 Å². The Bertz CT molecular complexity index is 402. The van der Waals surface area contributed by atoms with E-state index in [9.17, 15) is 9.59 Å². The maximum atomic E-state index is 12.2. The van der Waals surface area contributed by atoms with Gasteiger partial charge in [-0.25, -0.2) is 10.3 Å². The van der Waals surface area contributed by atoms with Crippen molar-refractivity contribution >= 4 is 11.9 Å². The number of amides is 3. The van der Waals surface area contributed by atoms with Crippen molar-refractivity contribution in [3.8, 4) is 0 Å². The first-order chi connectivity index (χ1) is 9.91. The quantitative estimate of drug-likeness (QED) is 0.565. The van der Waals surface area contributed by atoms with Crippen molar-refractivity contribution in [3.05, 3.63) is 0 Å². The number of hydrogen-bond acceptors (Lipinski definition) is 4. The third kappa shape index (κ3) is 3.47. The van der Waals surface area contributed by atoms with Crippen molar-refractivity contribution in [3.63, 3.8) is 0 Å². The normalized spacial score (nSPS) is 25.1. The zero-order valence-corrected chi connectivity index (χ0v) is 13.3. The van der Waals surface area contributed by atoms with Gasteiger partial charge in [-0.05, 0) is 33.7 Å². The van der Waals surface area contributed by atoms with Crippen LogP contribution in [0.5, 0.6) is 0 Å². The highest BCUT2D eigenvalue weighted by Crippen LogP contribution is 2.28. The van der Waals surface area contributed by atoms with Gasteiger partial charge in [-0.3, -0.25) is 9.63 Å². The fourth-order valence-corrected chi connectivity index (χ4v) is 2.75. The SMILES string of the molecule is CC(C)N(C)CCONC(=O)[C@@H]1CC[C@@H]2CN1C(=O)N2C. The molecule has 21 heavy (non-hydrogen) atoms. The molecule has 7 nitrogen and oxygen atoms in total. The van der Waals surface area contributed by atoms with Crippen molar-refractivity contribution in [1.29, 1.82) is 0 Å². The fraction of sp³-hybridized carbons (Fsp3) is 0.857. The smallest absolute Gasteiger partial charge is 0.320 e. The van der Waals surface area contributed by atoms with Gasteiger partial charge in [0.1, 0.15) is 6.04 Å². The van der Waals surface area contributed by atoms with Crippen LogP contribution in [0.25, 0.3) is 0 Å². The summed E-state index contributed by atoms with van der Waals surface area (Å²) in [5.74, 6) is -0.218. The lowest BCUT2D eigenvalue weighted by molar-refractivity contribution is -0.139. The van der Waals surface area contributed by atoms with E-state index in [0.29, 0.717) is 25.6 Å². The number of fused-ring (bicyclic) bond motifs is 2. The van der Waals surface area contributed by atoms with E-state index in [1.54, 1.807) is 16.8 Å². The first kappa shape index (κ1) is 16.0. The van der Waals surface area contributed by atoms with Crippen LogP contribution in [0.3, 0.4) is 0 Å². The Hall–Kier alpha value is -1.34. The van der Waals surface area contributed by atoms with Crippen molar-refractivity contribution in [2.24, 2.45) is 0 Å². The molecule has 2 atom stereocenters. The van der Waals surface area contributed by atoms with E-state index >= 15 is 0 Å². The van der Waals surface area contributed by atoms with E-state index < -0.39 is 6.04 Å². The van der Waals surface area contributed by atoms with Gasteiger partial charge in [0.2, 0.25) is 0 Å². The Balaban J connectivity index is 1.75. The molecule has 0 radical (unpaired) electrons. The molecular formula is C14H26N4O3. The van der Waals surface area contributed by atoms with Gasteiger partial charge in [-0.2, -0.15) is 0 Å². The number of carbonyl (C=O) groups is 2. The van der Waals surface area contributed by atoms with Gasteiger partial charge in [-0.1, -0.05) is 0 Å². The molecule has 2 fully saturated rings. The average Bonchev–Trinajstić information content (AvgIpc) is 2.68. The minimum atomic E-state index is -0.401. The molecule has 2 heterocycles. The van der Waals surface area contributed by atoms with Gasteiger partial charge < -0.3 is 14.7 Å². The van der Waals surface area contributed by atoms with Crippen LogP contribution in [0.4, 0.5) is 4.79 Å². The Morgan fingerprint density at radius 3 is 2.86 bits per heavy atom. The molecule has 2 saturated heterocycles. The molecule has 0 saturated carbocycles. The van der Waals surface area contributed by atoms with Gasteiger partial charge >= 0.3 is 6.03 Å². The van der Waals surface area contributed by atoms with Gasteiger partial charge in [0.15, 0.2) is 0 Å². The third-order valence-electron chi connectivity index (χ3n) is 4.56. The van der Waals surface area contributed by atoms with Gasteiger partial charge in [-0.15, -0.1) is 0 Å². The van der Waals surface area contributed by atoms with Crippen LogP contribution in [0.15, 0.2) is 0 Å². The van der Waals surface area contributed by atoms with Crippen LogP contribution in [-0.4, -0.2) is 78.6 Å². The second kappa shape index (κ2) is 6.62. The molecule has 0 aliphatic carbocycles. The zero-order chi connectivity index (χ0) is 15.6. The minimum absolute atomic E-state index is 0.0582. The van der Waals surface area contributed by atoms with Crippen molar-refractivity contribution in [2.75, 3.05) is 33.8 Å². The second-order valence-corrected chi connectivity index (χ2v) is 6.18. The van der Waals surface area contributed by atoms with Crippen LogP contribution in [0.2, 0.25) is 0 Å². The van der Waals surface area contributed by atoms with Crippen LogP contribution in [0, 0.1) is 0 Å². The predicted octanol–water partition coefficient (Wildman–Crippen LogP) is 0.273. The molecule has 2 rings (SSSR count). The van der Waals surface area contributed by atoms with E-state index in [4.69, 9.17) is 4.84 Å². The summed E-state index contributed by atoms with van der Waals surface area (Å²) in [5.41, 5.74) is 2.49. The lowest BCUT2D eigenvalue weighted by Gasteiger charge is -2.29. The highest BCUT2D eigenvalue weighted by atomic mass is 16.7. The summed E-state index contributed by atoms with van der Waals surface area (Å²) in [5, 5.41) is 0. The molecule has 2 aliphatic rings. The van der Waals surface area contributed by atoms with Crippen LogP contribution in [0.1, 0.15) is 26.7 Å². The van der Waals surface area contributed by atoms with Crippen molar-refractivity contribution in [2.45, 2.75) is 44.8 Å². The van der Waals surface area contributed by atoms with Crippen LogP contribution < -0.4 is 5.48 Å². The first-order valence-corrected chi connectivity index (χ1v) is 7.57. The molecule has 2 bridgehead atoms. The number of rotatable bonds is 6. The number of nitrogens with one attached hydrogen (secondary N) is 1. The summed E-state index contributed by atoms with van der Waals surface area (Å²) < 4.78 is 0. The molecule has 120 valence electrons. The molecule has 2 aliphatic heterocycles. The Morgan fingerprint density at radius 2 is 2.19 bits per heavy atom. The maximum Gasteiger partial charge on any atom is 0.320 e. The summed E-state index contributed by atoms with van der Waals surface area (Å²) in [6, 6.07) is 0.234. The number of piperidine rings is 1. The molecular weight excluding hydrogens is 272 g/mol. The molecule has 0 aromatic rings. The Kier molecular flexibility index (Phi) is 5.05. The lowest BCUT2D eigenvalue weighted by Crippen LogP contribution is -2.50. The largest absolute Gasteiger partial charge is 0.323 e. The fourth-order valence-electron chi connectivity index (χ4n) is 2.75. The Morgan fingerprint density at radius 1 is 1.48 bits per heavy atom. The molecule has 0 aromatic carbocycles.